The quantitative estimate of drug-likeness (QED) is 0.507. The highest BCUT2D eigenvalue weighted by Gasteiger charge is 2.13. The van der Waals surface area contributed by atoms with Gasteiger partial charge in [0.05, 0.1) is 19.3 Å². The summed E-state index contributed by atoms with van der Waals surface area (Å²) in [6, 6.07) is 15.4. The van der Waals surface area contributed by atoms with Crippen LogP contribution in [-0.4, -0.2) is 29.5 Å². The number of terminal acetylenes is 1. The Labute approximate surface area is 188 Å². The molecule has 3 rings (SSSR count). The van der Waals surface area contributed by atoms with Gasteiger partial charge in [0.25, 0.3) is 0 Å². The lowest BCUT2D eigenvalue weighted by atomic mass is 10.2. The first-order chi connectivity index (χ1) is 15.5. The Hall–Kier alpha value is -3.92. The molecular formula is C25H28N4O3. The van der Waals surface area contributed by atoms with Crippen LogP contribution in [0, 0.1) is 26.2 Å². The number of rotatable bonds is 9. The van der Waals surface area contributed by atoms with Crippen molar-refractivity contribution in [3.63, 3.8) is 0 Å². The summed E-state index contributed by atoms with van der Waals surface area (Å²) in [4.78, 5) is 12.4. The minimum atomic E-state index is -0.262. The summed E-state index contributed by atoms with van der Waals surface area (Å²) in [5, 5.41) is 10.4. The number of ether oxygens (including phenoxy) is 2. The van der Waals surface area contributed by atoms with E-state index in [4.69, 9.17) is 15.9 Å². The Morgan fingerprint density at radius 1 is 1.06 bits per heavy atom. The highest BCUT2D eigenvalue weighted by Crippen LogP contribution is 2.28. The predicted molar refractivity (Wildman–Crippen MR) is 124 cm³/mol. The molecule has 7 nitrogen and oxygen atoms in total. The first-order valence-corrected chi connectivity index (χ1v) is 10.3. The summed E-state index contributed by atoms with van der Waals surface area (Å²) in [6.07, 6.45) is 5.26. The molecule has 0 fully saturated rings. The maximum Gasteiger partial charge on any atom is 0.315 e. The molecule has 7 heteroatoms. The van der Waals surface area contributed by atoms with E-state index < -0.39 is 0 Å². The average molecular weight is 433 g/mol. The van der Waals surface area contributed by atoms with Gasteiger partial charge >= 0.3 is 6.03 Å². The fraction of sp³-hybridized carbons (Fsp3) is 0.280. The number of carbonyl (C=O) groups is 1. The minimum absolute atomic E-state index is 0.143. The van der Waals surface area contributed by atoms with Crippen LogP contribution < -0.4 is 20.1 Å². The number of nitrogens with one attached hydrogen (secondary N) is 2. The number of hydrogen-bond acceptors (Lipinski definition) is 4. The van der Waals surface area contributed by atoms with Crippen LogP contribution in [0.15, 0.2) is 48.5 Å². The first kappa shape index (κ1) is 22.8. The molecule has 0 aliphatic rings. The van der Waals surface area contributed by atoms with Crippen molar-refractivity contribution < 1.29 is 14.3 Å². The second-order valence-electron chi connectivity index (χ2n) is 7.31. The molecule has 0 unspecified atom stereocenters. The van der Waals surface area contributed by atoms with Gasteiger partial charge in [-0.05, 0) is 37.1 Å². The van der Waals surface area contributed by atoms with Crippen LogP contribution in [0.3, 0.4) is 0 Å². The third-order valence-corrected chi connectivity index (χ3v) is 5.12. The zero-order valence-electron chi connectivity index (χ0n) is 18.6. The lowest BCUT2D eigenvalue weighted by molar-refractivity contribution is 0.240. The molecule has 166 valence electrons. The Morgan fingerprint density at radius 3 is 2.53 bits per heavy atom. The van der Waals surface area contributed by atoms with Gasteiger partial charge in [-0.3, -0.25) is 4.68 Å². The molecule has 2 amide bonds. The van der Waals surface area contributed by atoms with E-state index in [2.05, 4.69) is 33.8 Å². The number of aromatic nitrogens is 2. The lowest BCUT2D eigenvalue weighted by Gasteiger charge is -2.12. The molecule has 0 radical (unpaired) electrons. The SMILES string of the molecule is C#CCOc1cc(CNC(=O)NCc2c(C)nn(Cc3ccccc3)c2C)ccc1OC. The summed E-state index contributed by atoms with van der Waals surface area (Å²) >= 11 is 0. The van der Waals surface area contributed by atoms with Crippen molar-refractivity contribution in [1.29, 1.82) is 0 Å². The Balaban J connectivity index is 1.56. The second kappa shape index (κ2) is 10.9. The minimum Gasteiger partial charge on any atom is -0.493 e. The fourth-order valence-electron chi connectivity index (χ4n) is 3.38. The van der Waals surface area contributed by atoms with Crippen molar-refractivity contribution in [2.75, 3.05) is 13.7 Å². The summed E-state index contributed by atoms with van der Waals surface area (Å²) in [6.45, 7) is 5.56. The highest BCUT2D eigenvalue weighted by atomic mass is 16.5. The summed E-state index contributed by atoms with van der Waals surface area (Å²) in [5.74, 6) is 3.56. The zero-order valence-corrected chi connectivity index (χ0v) is 18.6. The van der Waals surface area contributed by atoms with Crippen LogP contribution in [0.5, 0.6) is 11.5 Å². The molecule has 0 atom stereocenters. The van der Waals surface area contributed by atoms with Crippen molar-refractivity contribution in [2.24, 2.45) is 0 Å². The molecule has 3 aromatic rings. The number of nitrogens with zero attached hydrogens (tertiary/aromatic N) is 2. The van der Waals surface area contributed by atoms with E-state index in [1.807, 2.05) is 42.8 Å². The smallest absolute Gasteiger partial charge is 0.315 e. The molecule has 0 bridgehead atoms. The predicted octanol–water partition coefficient (Wildman–Crippen LogP) is 3.57. The van der Waals surface area contributed by atoms with E-state index in [-0.39, 0.29) is 12.6 Å². The lowest BCUT2D eigenvalue weighted by Crippen LogP contribution is -2.34. The number of amides is 2. The van der Waals surface area contributed by atoms with Crippen LogP contribution in [-0.2, 0) is 19.6 Å². The molecule has 0 aliphatic carbocycles. The van der Waals surface area contributed by atoms with Gasteiger partial charge in [0, 0.05) is 24.3 Å². The number of hydrogen-bond donors (Lipinski definition) is 2. The Kier molecular flexibility index (Phi) is 7.76. The number of carbonyl (C=O) groups excluding carboxylic acids is 1. The monoisotopic (exact) mass is 432 g/mol. The molecule has 32 heavy (non-hydrogen) atoms. The third kappa shape index (κ3) is 5.82. The van der Waals surface area contributed by atoms with Gasteiger partial charge in [-0.2, -0.15) is 5.10 Å². The van der Waals surface area contributed by atoms with E-state index in [1.54, 1.807) is 19.2 Å². The van der Waals surface area contributed by atoms with Crippen molar-refractivity contribution >= 4 is 6.03 Å². The van der Waals surface area contributed by atoms with Gasteiger partial charge in [-0.15, -0.1) is 6.42 Å². The van der Waals surface area contributed by atoms with E-state index in [1.165, 1.54) is 5.56 Å². The molecule has 2 aromatic carbocycles. The second-order valence-corrected chi connectivity index (χ2v) is 7.31. The molecule has 2 N–H and O–H groups in total. The van der Waals surface area contributed by atoms with Crippen LogP contribution in [0.2, 0.25) is 0 Å². The van der Waals surface area contributed by atoms with Gasteiger partial charge in [0.1, 0.15) is 6.61 Å². The molecule has 0 saturated carbocycles. The van der Waals surface area contributed by atoms with Gasteiger partial charge in [-0.25, -0.2) is 4.79 Å². The average Bonchev–Trinajstić information content (AvgIpc) is 3.07. The van der Waals surface area contributed by atoms with Crippen molar-refractivity contribution in [3.05, 3.63) is 76.6 Å². The van der Waals surface area contributed by atoms with E-state index >= 15 is 0 Å². The van der Waals surface area contributed by atoms with Crippen LogP contribution in [0.25, 0.3) is 0 Å². The van der Waals surface area contributed by atoms with Gasteiger partial charge < -0.3 is 20.1 Å². The van der Waals surface area contributed by atoms with Crippen LogP contribution in [0.4, 0.5) is 4.79 Å². The maximum absolute atomic E-state index is 12.4. The summed E-state index contributed by atoms with van der Waals surface area (Å²) in [5.41, 5.74) is 5.02. The van der Waals surface area contributed by atoms with Crippen molar-refractivity contribution in [2.45, 2.75) is 33.5 Å². The van der Waals surface area contributed by atoms with Gasteiger partial charge in [0.2, 0.25) is 0 Å². The number of aryl methyl sites for hydroxylation is 1. The molecule has 1 aromatic heterocycles. The fourth-order valence-corrected chi connectivity index (χ4v) is 3.38. The topological polar surface area (TPSA) is 77.4 Å². The molecule has 1 heterocycles. The molecule has 0 saturated heterocycles. The zero-order chi connectivity index (χ0) is 22.9. The Morgan fingerprint density at radius 2 is 1.81 bits per heavy atom. The molecule has 0 spiro atoms. The van der Waals surface area contributed by atoms with Crippen molar-refractivity contribution in [1.82, 2.24) is 20.4 Å². The van der Waals surface area contributed by atoms with E-state index in [0.717, 1.165) is 22.5 Å². The standard InChI is InChI=1S/C25H28N4O3/c1-5-13-32-24-14-21(11-12-23(24)31-4)15-26-25(30)27-16-22-18(2)28-29(19(22)3)17-20-9-7-6-8-10-20/h1,6-12,14H,13,15-17H2,2-4H3,(H2,26,27,30). The third-order valence-electron chi connectivity index (χ3n) is 5.12. The van der Waals surface area contributed by atoms with Crippen LogP contribution >= 0.6 is 0 Å². The maximum atomic E-state index is 12.4. The summed E-state index contributed by atoms with van der Waals surface area (Å²) < 4.78 is 12.7. The summed E-state index contributed by atoms with van der Waals surface area (Å²) in [7, 11) is 1.56. The largest absolute Gasteiger partial charge is 0.493 e. The van der Waals surface area contributed by atoms with E-state index in [9.17, 15) is 4.79 Å². The molecule has 0 aliphatic heterocycles. The molecular weight excluding hydrogens is 404 g/mol. The highest BCUT2D eigenvalue weighted by molar-refractivity contribution is 5.73. The van der Waals surface area contributed by atoms with Crippen molar-refractivity contribution in [3.8, 4) is 23.8 Å². The number of benzene rings is 2. The Bertz CT molecular complexity index is 1100. The van der Waals surface area contributed by atoms with Crippen LogP contribution in [0.1, 0.15) is 28.1 Å². The number of urea groups is 1. The normalized spacial score (nSPS) is 10.3. The van der Waals surface area contributed by atoms with E-state index in [0.29, 0.717) is 31.1 Å². The van der Waals surface area contributed by atoms with Gasteiger partial charge in [0.15, 0.2) is 11.5 Å². The first-order valence-electron chi connectivity index (χ1n) is 10.3. The number of methoxy groups -OCH3 is 1. The van der Waals surface area contributed by atoms with Gasteiger partial charge in [-0.1, -0.05) is 42.3 Å².